The molecule has 0 aliphatic heterocycles. The lowest BCUT2D eigenvalue weighted by molar-refractivity contribution is 0.0595. The molecule has 0 amide bonds. The highest BCUT2D eigenvalue weighted by atomic mass is 16.5. The summed E-state index contributed by atoms with van der Waals surface area (Å²) >= 11 is 0. The SMILES string of the molecule is CCCCOc1cc2c(nc1C)-c1[nH]c(=O)c(C(=O)OC)c(O)c1C(C(C)C)C2. The number of pyridine rings is 2. The topological polar surface area (TPSA) is 102 Å². The van der Waals surface area contributed by atoms with Crippen LogP contribution < -0.4 is 10.3 Å². The fourth-order valence-electron chi connectivity index (χ4n) is 3.82. The Kier molecular flexibility index (Phi) is 5.96. The number of aryl methyl sites for hydroxylation is 1. The molecule has 7 nitrogen and oxygen atoms in total. The van der Waals surface area contributed by atoms with Crippen LogP contribution in [0.3, 0.4) is 0 Å². The van der Waals surface area contributed by atoms with Crippen molar-refractivity contribution in [1.29, 1.82) is 0 Å². The van der Waals surface area contributed by atoms with Gasteiger partial charge in [0.25, 0.3) is 5.56 Å². The van der Waals surface area contributed by atoms with E-state index in [1.54, 1.807) is 0 Å². The van der Waals surface area contributed by atoms with E-state index in [9.17, 15) is 14.7 Å². The number of rotatable bonds is 6. The van der Waals surface area contributed by atoms with Gasteiger partial charge < -0.3 is 19.6 Å². The molecule has 2 N–H and O–H groups in total. The fourth-order valence-corrected chi connectivity index (χ4v) is 3.82. The Balaban J connectivity index is 2.20. The zero-order valence-corrected chi connectivity index (χ0v) is 17.6. The van der Waals surface area contributed by atoms with Crippen LogP contribution in [-0.4, -0.2) is 34.8 Å². The maximum absolute atomic E-state index is 12.6. The van der Waals surface area contributed by atoms with Gasteiger partial charge in [-0.3, -0.25) is 4.79 Å². The van der Waals surface area contributed by atoms with Crippen LogP contribution in [0.2, 0.25) is 0 Å². The van der Waals surface area contributed by atoms with Gasteiger partial charge in [0.05, 0.1) is 30.8 Å². The Labute approximate surface area is 170 Å². The van der Waals surface area contributed by atoms with Crippen molar-refractivity contribution in [3.63, 3.8) is 0 Å². The second-order valence-electron chi connectivity index (χ2n) is 7.79. The quantitative estimate of drug-likeness (QED) is 0.566. The minimum absolute atomic E-state index is 0.0919. The summed E-state index contributed by atoms with van der Waals surface area (Å²) < 4.78 is 10.6. The number of unbranched alkanes of at least 4 members (excludes halogenated alkanes) is 1. The van der Waals surface area contributed by atoms with Gasteiger partial charge in [0, 0.05) is 5.56 Å². The lowest BCUT2D eigenvalue weighted by Gasteiger charge is -2.31. The first-order valence-corrected chi connectivity index (χ1v) is 10.0. The Hall–Kier alpha value is -2.83. The van der Waals surface area contributed by atoms with Gasteiger partial charge in [-0.25, -0.2) is 9.78 Å². The van der Waals surface area contributed by atoms with Gasteiger partial charge in [-0.2, -0.15) is 0 Å². The van der Waals surface area contributed by atoms with Crippen LogP contribution >= 0.6 is 0 Å². The highest BCUT2D eigenvalue weighted by Gasteiger charge is 2.35. The van der Waals surface area contributed by atoms with Crippen molar-refractivity contribution in [2.45, 2.75) is 52.9 Å². The zero-order chi connectivity index (χ0) is 21.3. The minimum Gasteiger partial charge on any atom is -0.506 e. The number of esters is 1. The minimum atomic E-state index is -0.858. The molecule has 0 fully saturated rings. The normalized spacial score (nSPS) is 15.0. The highest BCUT2D eigenvalue weighted by Crippen LogP contribution is 2.46. The summed E-state index contributed by atoms with van der Waals surface area (Å²) in [6, 6.07) is 1.98. The van der Waals surface area contributed by atoms with E-state index in [1.807, 2.05) is 26.8 Å². The second kappa shape index (κ2) is 8.27. The van der Waals surface area contributed by atoms with Crippen molar-refractivity contribution in [2.24, 2.45) is 5.92 Å². The molecule has 0 saturated carbocycles. The second-order valence-corrected chi connectivity index (χ2v) is 7.79. The number of aromatic amines is 1. The molecule has 0 aromatic carbocycles. The number of nitrogens with zero attached hydrogens (tertiary/aromatic N) is 1. The van der Waals surface area contributed by atoms with Gasteiger partial charge in [-0.05, 0) is 43.2 Å². The molecule has 7 heteroatoms. The molecule has 0 spiro atoms. The zero-order valence-electron chi connectivity index (χ0n) is 17.6. The predicted octanol–water partition coefficient (Wildman–Crippen LogP) is 3.71. The Morgan fingerprint density at radius 3 is 2.76 bits per heavy atom. The average Bonchev–Trinajstić information content (AvgIpc) is 2.67. The lowest BCUT2D eigenvalue weighted by atomic mass is 9.76. The molecule has 1 unspecified atom stereocenters. The average molecular weight is 400 g/mol. The number of carbonyl (C=O) groups excluding carboxylic acids is 1. The smallest absolute Gasteiger partial charge is 0.347 e. The van der Waals surface area contributed by atoms with Gasteiger partial charge in [0.1, 0.15) is 11.5 Å². The first-order chi connectivity index (χ1) is 13.8. The maximum atomic E-state index is 12.6. The van der Waals surface area contributed by atoms with Crippen LogP contribution in [0.25, 0.3) is 11.4 Å². The molecular formula is C22H28N2O5. The predicted molar refractivity (Wildman–Crippen MR) is 110 cm³/mol. The van der Waals surface area contributed by atoms with Gasteiger partial charge in [-0.15, -0.1) is 0 Å². The molecule has 2 aromatic heterocycles. The summed E-state index contributed by atoms with van der Waals surface area (Å²) in [6.07, 6.45) is 2.63. The van der Waals surface area contributed by atoms with Gasteiger partial charge in [-0.1, -0.05) is 27.2 Å². The number of methoxy groups -OCH3 is 1. The first-order valence-electron chi connectivity index (χ1n) is 10.0. The van der Waals surface area contributed by atoms with Crippen molar-refractivity contribution >= 4 is 5.97 Å². The number of H-pyrrole nitrogens is 1. The van der Waals surface area contributed by atoms with E-state index in [1.165, 1.54) is 7.11 Å². The van der Waals surface area contributed by atoms with Crippen molar-refractivity contribution in [3.8, 4) is 22.9 Å². The van der Waals surface area contributed by atoms with Crippen molar-refractivity contribution in [1.82, 2.24) is 9.97 Å². The number of fused-ring (bicyclic) bond motifs is 3. The van der Waals surface area contributed by atoms with Crippen LogP contribution in [0.1, 0.15) is 66.7 Å². The summed E-state index contributed by atoms with van der Waals surface area (Å²) in [5, 5.41) is 10.9. The summed E-state index contributed by atoms with van der Waals surface area (Å²) in [7, 11) is 1.18. The molecule has 156 valence electrons. The molecular weight excluding hydrogens is 372 g/mol. The summed E-state index contributed by atoms with van der Waals surface area (Å²) in [5.74, 6) is -0.368. The summed E-state index contributed by atoms with van der Waals surface area (Å²) in [4.78, 5) is 32.1. The molecule has 0 radical (unpaired) electrons. The van der Waals surface area contributed by atoms with Crippen LogP contribution in [0.5, 0.6) is 11.5 Å². The number of hydrogen-bond donors (Lipinski definition) is 2. The van der Waals surface area contributed by atoms with Crippen molar-refractivity contribution < 1.29 is 19.4 Å². The molecule has 1 aliphatic carbocycles. The number of nitrogens with one attached hydrogen (secondary N) is 1. The lowest BCUT2D eigenvalue weighted by Crippen LogP contribution is -2.26. The largest absolute Gasteiger partial charge is 0.506 e. The van der Waals surface area contributed by atoms with Crippen LogP contribution in [0, 0.1) is 12.8 Å². The van der Waals surface area contributed by atoms with E-state index in [0.717, 1.165) is 24.2 Å². The van der Waals surface area contributed by atoms with E-state index < -0.39 is 11.5 Å². The Bertz CT molecular complexity index is 994. The summed E-state index contributed by atoms with van der Waals surface area (Å²) in [5.41, 5.74) is 2.23. The third kappa shape index (κ3) is 3.73. The van der Waals surface area contributed by atoms with E-state index in [2.05, 4.69) is 21.6 Å². The number of ether oxygens (including phenoxy) is 2. The van der Waals surface area contributed by atoms with Crippen LogP contribution in [-0.2, 0) is 11.2 Å². The molecule has 3 rings (SSSR count). The molecule has 1 aliphatic rings. The monoisotopic (exact) mass is 400 g/mol. The van der Waals surface area contributed by atoms with Gasteiger partial charge in [0.2, 0.25) is 0 Å². The Morgan fingerprint density at radius 1 is 1.41 bits per heavy atom. The molecule has 2 heterocycles. The first kappa shape index (κ1) is 20.9. The van der Waals surface area contributed by atoms with E-state index >= 15 is 0 Å². The van der Waals surface area contributed by atoms with E-state index in [0.29, 0.717) is 35.7 Å². The van der Waals surface area contributed by atoms with Crippen molar-refractivity contribution in [2.75, 3.05) is 13.7 Å². The number of hydrogen-bond acceptors (Lipinski definition) is 6. The van der Waals surface area contributed by atoms with Gasteiger partial charge >= 0.3 is 5.97 Å². The maximum Gasteiger partial charge on any atom is 0.347 e. The molecule has 0 bridgehead atoms. The van der Waals surface area contributed by atoms with Crippen LogP contribution in [0.4, 0.5) is 0 Å². The molecule has 0 saturated heterocycles. The molecule has 29 heavy (non-hydrogen) atoms. The van der Waals surface area contributed by atoms with Gasteiger partial charge in [0.15, 0.2) is 5.56 Å². The molecule has 2 aromatic rings. The third-order valence-electron chi connectivity index (χ3n) is 5.47. The molecule has 1 atom stereocenters. The standard InChI is InChI=1S/C22H28N2O5/c1-6-7-8-29-15-10-13-9-14(11(2)3)16-19(18(13)23-12(15)4)24-21(26)17(20(16)25)22(27)28-5/h10-11,14H,6-9H2,1-5H3,(H2,24,25,26). The fraction of sp³-hybridized carbons (Fsp3) is 0.500. The summed E-state index contributed by atoms with van der Waals surface area (Å²) in [6.45, 7) is 8.68. The third-order valence-corrected chi connectivity index (χ3v) is 5.47. The highest BCUT2D eigenvalue weighted by molar-refractivity contribution is 5.93. The van der Waals surface area contributed by atoms with Crippen LogP contribution in [0.15, 0.2) is 10.9 Å². The number of aromatic nitrogens is 2. The van der Waals surface area contributed by atoms with E-state index in [4.69, 9.17) is 4.74 Å². The van der Waals surface area contributed by atoms with E-state index in [-0.39, 0.29) is 23.1 Å². The number of aromatic hydroxyl groups is 1. The number of carbonyl (C=O) groups is 1. The Morgan fingerprint density at radius 2 is 2.14 bits per heavy atom. The van der Waals surface area contributed by atoms with Crippen molar-refractivity contribution in [3.05, 3.63) is 38.8 Å².